The number of nitrogens with zero attached hydrogens (tertiary/aromatic N) is 4. The van der Waals surface area contributed by atoms with E-state index in [4.69, 9.17) is 4.74 Å². The molecule has 1 fully saturated rings. The van der Waals surface area contributed by atoms with Gasteiger partial charge >= 0.3 is 0 Å². The van der Waals surface area contributed by atoms with Crippen LogP contribution in [0.15, 0.2) is 29.9 Å². The van der Waals surface area contributed by atoms with Gasteiger partial charge in [-0.15, -0.1) is 11.3 Å². The van der Waals surface area contributed by atoms with Crippen molar-refractivity contribution >= 4 is 28.7 Å². The third-order valence-electron chi connectivity index (χ3n) is 6.84. The average molecular weight is 494 g/mol. The zero-order valence-electron chi connectivity index (χ0n) is 20.0. The standard InChI is InChI=1S/C26H31N5O3S/c1-17-4-2-6-19-14-18(8-11-27-19)26-29-22(16-35-26)25(33)28-21-15-31(20-9-12-34-13-10-20)30-24(21)23(32)7-3-5-17/h8,11,14-17,20H,2-7,9-10,12-13H2,1H3,(H,28,33). The number of aromatic nitrogens is 4. The average Bonchev–Trinajstić information content (AvgIpc) is 3.52. The van der Waals surface area contributed by atoms with Gasteiger partial charge in [0.25, 0.3) is 5.91 Å². The normalized spacial score (nSPS) is 20.5. The van der Waals surface area contributed by atoms with Crippen LogP contribution in [0.2, 0.25) is 0 Å². The van der Waals surface area contributed by atoms with Crippen LogP contribution in [-0.2, 0) is 11.2 Å². The maximum Gasteiger partial charge on any atom is 0.275 e. The van der Waals surface area contributed by atoms with Crippen LogP contribution in [0.1, 0.15) is 84.6 Å². The molecule has 1 atom stereocenters. The molecule has 9 heteroatoms. The summed E-state index contributed by atoms with van der Waals surface area (Å²) in [5, 5.41) is 10.1. The first-order valence-corrected chi connectivity index (χ1v) is 13.4. The topological polar surface area (TPSA) is 99.0 Å². The molecule has 0 radical (unpaired) electrons. The van der Waals surface area contributed by atoms with Crippen LogP contribution in [0.5, 0.6) is 0 Å². The van der Waals surface area contributed by atoms with E-state index in [0.717, 1.165) is 61.2 Å². The molecule has 0 aromatic carbocycles. The lowest BCUT2D eigenvalue weighted by Crippen LogP contribution is -2.20. The first-order chi connectivity index (χ1) is 17.1. The van der Waals surface area contributed by atoms with Crippen LogP contribution in [0.25, 0.3) is 10.6 Å². The van der Waals surface area contributed by atoms with E-state index < -0.39 is 0 Å². The molecular formula is C26H31N5O3S. The van der Waals surface area contributed by atoms with E-state index in [1.807, 2.05) is 16.9 Å². The molecule has 2 aliphatic heterocycles. The van der Waals surface area contributed by atoms with Gasteiger partial charge in [-0.05, 0) is 50.2 Å². The molecule has 35 heavy (non-hydrogen) atoms. The zero-order valence-corrected chi connectivity index (χ0v) is 20.9. The molecule has 5 heterocycles. The quantitative estimate of drug-likeness (QED) is 0.492. The summed E-state index contributed by atoms with van der Waals surface area (Å²) in [6, 6.07) is 4.16. The van der Waals surface area contributed by atoms with Gasteiger partial charge in [0.1, 0.15) is 10.7 Å². The van der Waals surface area contributed by atoms with Gasteiger partial charge in [-0.1, -0.05) is 19.8 Å². The number of aryl methyl sites for hydroxylation is 1. The van der Waals surface area contributed by atoms with Crippen molar-refractivity contribution in [2.24, 2.45) is 5.92 Å². The highest BCUT2D eigenvalue weighted by atomic mass is 32.1. The number of pyridine rings is 1. The van der Waals surface area contributed by atoms with Crippen molar-refractivity contribution in [2.45, 2.75) is 64.3 Å². The Morgan fingerprint density at radius 1 is 1.11 bits per heavy atom. The number of thiazole rings is 1. The Balaban J connectivity index is 1.46. The molecule has 184 valence electrons. The van der Waals surface area contributed by atoms with Crippen molar-refractivity contribution in [1.82, 2.24) is 19.7 Å². The summed E-state index contributed by atoms with van der Waals surface area (Å²) in [5.41, 5.74) is 3.14. The van der Waals surface area contributed by atoms with Crippen molar-refractivity contribution < 1.29 is 14.3 Å². The maximum absolute atomic E-state index is 13.2. The molecule has 2 aliphatic rings. The highest BCUT2D eigenvalue weighted by molar-refractivity contribution is 7.13. The Morgan fingerprint density at radius 3 is 2.74 bits per heavy atom. The summed E-state index contributed by atoms with van der Waals surface area (Å²) < 4.78 is 7.31. The van der Waals surface area contributed by atoms with E-state index in [0.29, 0.717) is 42.6 Å². The lowest BCUT2D eigenvalue weighted by atomic mass is 9.96. The number of Topliss-reactive ketones (excluding diaryl/α,β-unsaturated/α-hetero) is 1. The molecule has 1 saturated heterocycles. The van der Waals surface area contributed by atoms with Gasteiger partial charge in [-0.3, -0.25) is 19.3 Å². The van der Waals surface area contributed by atoms with Crippen molar-refractivity contribution in [3.8, 4) is 10.6 Å². The first-order valence-electron chi connectivity index (χ1n) is 12.5. The summed E-state index contributed by atoms with van der Waals surface area (Å²) in [6.45, 7) is 3.59. The molecule has 0 spiro atoms. The van der Waals surface area contributed by atoms with E-state index in [9.17, 15) is 9.59 Å². The van der Waals surface area contributed by atoms with Gasteiger partial charge < -0.3 is 10.1 Å². The Morgan fingerprint density at radius 2 is 1.91 bits per heavy atom. The Bertz CT molecular complexity index is 1200. The molecular weight excluding hydrogens is 462 g/mol. The van der Waals surface area contributed by atoms with Crippen LogP contribution in [0.3, 0.4) is 0 Å². The number of hydrogen-bond donors (Lipinski definition) is 1. The minimum atomic E-state index is -0.336. The number of carbonyl (C=O) groups excluding carboxylic acids is 2. The van der Waals surface area contributed by atoms with E-state index in [1.165, 1.54) is 11.3 Å². The molecule has 3 aromatic heterocycles. The summed E-state index contributed by atoms with van der Waals surface area (Å²) in [5.74, 6) is 0.167. The second-order valence-corrected chi connectivity index (χ2v) is 10.4. The molecule has 5 rings (SSSR count). The number of ketones is 1. The Hall–Kier alpha value is -2.91. The summed E-state index contributed by atoms with van der Waals surface area (Å²) in [7, 11) is 0. The first kappa shape index (κ1) is 23.8. The molecule has 1 unspecified atom stereocenters. The Kier molecular flexibility index (Phi) is 7.34. The highest BCUT2D eigenvalue weighted by Crippen LogP contribution is 2.28. The third kappa shape index (κ3) is 5.67. The minimum Gasteiger partial charge on any atom is -0.381 e. The predicted molar refractivity (Wildman–Crippen MR) is 135 cm³/mol. The molecule has 3 aromatic rings. The van der Waals surface area contributed by atoms with Gasteiger partial charge in [-0.25, -0.2) is 4.98 Å². The van der Waals surface area contributed by atoms with Gasteiger partial charge in [0.15, 0.2) is 11.5 Å². The van der Waals surface area contributed by atoms with E-state index in [2.05, 4.69) is 33.4 Å². The number of carbonyl (C=O) groups is 2. The zero-order chi connectivity index (χ0) is 24.2. The molecule has 0 aliphatic carbocycles. The summed E-state index contributed by atoms with van der Waals surface area (Å²) in [6.07, 6.45) is 10.6. The maximum atomic E-state index is 13.2. The smallest absolute Gasteiger partial charge is 0.275 e. The number of rotatable bonds is 1. The molecule has 0 saturated carbocycles. The van der Waals surface area contributed by atoms with E-state index in [1.54, 1.807) is 11.6 Å². The monoisotopic (exact) mass is 493 g/mol. The third-order valence-corrected chi connectivity index (χ3v) is 7.73. The van der Waals surface area contributed by atoms with Gasteiger partial charge in [0.05, 0.1) is 11.7 Å². The lowest BCUT2D eigenvalue weighted by Gasteiger charge is -2.22. The second kappa shape index (κ2) is 10.8. The largest absolute Gasteiger partial charge is 0.381 e. The van der Waals surface area contributed by atoms with Gasteiger partial charge in [-0.2, -0.15) is 5.10 Å². The molecule has 4 bridgehead atoms. The van der Waals surface area contributed by atoms with Crippen LogP contribution < -0.4 is 5.32 Å². The van der Waals surface area contributed by atoms with Crippen LogP contribution in [0.4, 0.5) is 5.69 Å². The summed E-state index contributed by atoms with van der Waals surface area (Å²) in [4.78, 5) is 35.4. The van der Waals surface area contributed by atoms with Crippen molar-refractivity contribution in [3.63, 3.8) is 0 Å². The van der Waals surface area contributed by atoms with Crippen LogP contribution >= 0.6 is 11.3 Å². The minimum absolute atomic E-state index is 0.0300. The van der Waals surface area contributed by atoms with Crippen LogP contribution in [-0.4, -0.2) is 44.7 Å². The Labute approximate surface area is 209 Å². The fourth-order valence-corrected chi connectivity index (χ4v) is 5.57. The van der Waals surface area contributed by atoms with Crippen LogP contribution in [0, 0.1) is 5.92 Å². The fraction of sp³-hybridized carbons (Fsp3) is 0.500. The second-order valence-electron chi connectivity index (χ2n) is 9.56. The number of nitrogens with one attached hydrogen (secondary N) is 1. The van der Waals surface area contributed by atoms with Crippen molar-refractivity contribution in [3.05, 3.63) is 47.0 Å². The molecule has 1 amide bonds. The number of ether oxygens (including phenoxy) is 1. The number of hydrogen-bond acceptors (Lipinski definition) is 7. The number of fused-ring (bicyclic) bond motifs is 6. The van der Waals surface area contributed by atoms with Gasteiger partial charge in [0, 0.05) is 48.7 Å². The molecule has 1 N–H and O–H groups in total. The van der Waals surface area contributed by atoms with Crippen molar-refractivity contribution in [1.29, 1.82) is 0 Å². The van der Waals surface area contributed by atoms with Gasteiger partial charge in [0.2, 0.25) is 0 Å². The SMILES string of the molecule is CC1CCCC(=O)c2nn(C3CCOCC3)cc2NC(=O)c2csc(n2)-c2ccnc(c2)CCC1. The lowest BCUT2D eigenvalue weighted by molar-refractivity contribution is 0.0660. The highest BCUT2D eigenvalue weighted by Gasteiger charge is 2.24. The van der Waals surface area contributed by atoms with E-state index >= 15 is 0 Å². The number of anilines is 1. The molecule has 8 nitrogen and oxygen atoms in total. The van der Waals surface area contributed by atoms with E-state index in [-0.39, 0.29) is 17.7 Å². The fourth-order valence-electron chi connectivity index (χ4n) is 4.78. The van der Waals surface area contributed by atoms with Crippen molar-refractivity contribution in [2.75, 3.05) is 18.5 Å². The summed E-state index contributed by atoms with van der Waals surface area (Å²) >= 11 is 1.43. The number of amides is 1. The predicted octanol–water partition coefficient (Wildman–Crippen LogP) is 5.33.